The number of hydrogen-bond acceptors (Lipinski definition) is 3. The summed E-state index contributed by atoms with van der Waals surface area (Å²) >= 11 is 0. The van der Waals surface area contributed by atoms with Crippen molar-refractivity contribution in [3.05, 3.63) is 156 Å². The molecule has 0 bridgehead atoms. The summed E-state index contributed by atoms with van der Waals surface area (Å²) in [7, 11) is 0. The number of rotatable bonds is 4. The predicted molar refractivity (Wildman–Crippen MR) is 163 cm³/mol. The molecule has 0 spiro atoms. The molecule has 3 aromatic heterocycles. The molecule has 7 rings (SSSR count). The van der Waals surface area contributed by atoms with E-state index < -0.39 is 20.1 Å². The van der Waals surface area contributed by atoms with Crippen LogP contribution >= 0.6 is 0 Å². The summed E-state index contributed by atoms with van der Waals surface area (Å²) in [5.74, 6) is 0. The molecular formula is C37H28IrN2O-2. The van der Waals surface area contributed by atoms with Crippen LogP contribution in [0, 0.1) is 25.8 Å². The second kappa shape index (κ2) is 12.9. The van der Waals surface area contributed by atoms with Gasteiger partial charge in [-0.2, -0.15) is 0 Å². The fraction of sp³-hybridized carbons (Fsp3) is 0.0811. The number of aromatic nitrogens is 2. The van der Waals surface area contributed by atoms with Gasteiger partial charge in [0.15, 0.2) is 0 Å². The van der Waals surface area contributed by atoms with E-state index in [0.717, 1.165) is 22.0 Å². The number of fused-ring (bicyclic) bond motifs is 3. The first-order chi connectivity index (χ1) is 22.8. The molecule has 3 nitrogen and oxygen atoms in total. The van der Waals surface area contributed by atoms with Gasteiger partial charge in [-0.25, -0.2) is 0 Å². The molecule has 4 heteroatoms. The molecule has 0 atom stereocenters. The molecular weight excluding hydrogens is 681 g/mol. The maximum atomic E-state index is 8.65. The first-order valence-corrected chi connectivity index (χ1v) is 12.7. The monoisotopic (exact) mass is 717 g/mol. The van der Waals surface area contributed by atoms with E-state index in [1.165, 1.54) is 6.20 Å². The smallest absolute Gasteiger partial charge is 0.121 e. The van der Waals surface area contributed by atoms with Crippen LogP contribution in [-0.2, 0) is 26.5 Å². The largest absolute Gasteiger partial charge is 0.501 e. The first-order valence-electron chi connectivity index (χ1n) is 16.7. The molecule has 7 aromatic rings. The van der Waals surface area contributed by atoms with E-state index in [9.17, 15) is 0 Å². The molecule has 0 saturated heterocycles. The van der Waals surface area contributed by atoms with Crippen LogP contribution in [0.4, 0.5) is 0 Å². The normalized spacial score (nSPS) is 14.4. The molecule has 0 N–H and O–H groups in total. The van der Waals surface area contributed by atoms with Gasteiger partial charge in [-0.05, 0) is 65.9 Å². The van der Waals surface area contributed by atoms with Crippen molar-refractivity contribution in [2.24, 2.45) is 0 Å². The molecule has 0 amide bonds. The van der Waals surface area contributed by atoms with Gasteiger partial charge in [-0.1, -0.05) is 71.6 Å². The Bertz CT molecular complexity index is 2180. The molecule has 0 aliphatic carbocycles. The number of furan rings is 1. The summed E-state index contributed by atoms with van der Waals surface area (Å²) < 4.78 is 68.0. The Morgan fingerprint density at radius 2 is 1.59 bits per heavy atom. The van der Waals surface area contributed by atoms with E-state index in [0.29, 0.717) is 33.6 Å². The zero-order valence-electron chi connectivity index (χ0n) is 29.7. The van der Waals surface area contributed by atoms with Crippen LogP contribution in [-0.4, -0.2) is 9.97 Å². The van der Waals surface area contributed by atoms with Crippen molar-refractivity contribution in [1.82, 2.24) is 9.97 Å². The topological polar surface area (TPSA) is 38.9 Å². The molecule has 41 heavy (non-hydrogen) atoms. The van der Waals surface area contributed by atoms with E-state index >= 15 is 0 Å². The van der Waals surface area contributed by atoms with Crippen LogP contribution in [0.1, 0.15) is 33.2 Å². The van der Waals surface area contributed by atoms with E-state index in [1.54, 1.807) is 72.9 Å². The van der Waals surface area contributed by atoms with Crippen LogP contribution < -0.4 is 0 Å². The first kappa shape index (κ1) is 19.7. The van der Waals surface area contributed by atoms with Crippen molar-refractivity contribution >= 4 is 21.9 Å². The van der Waals surface area contributed by atoms with Gasteiger partial charge in [0.25, 0.3) is 0 Å². The van der Waals surface area contributed by atoms with Crippen LogP contribution in [0.15, 0.2) is 126 Å². The Hall–Kier alpha value is -4.37. The Morgan fingerprint density at radius 1 is 0.732 bits per heavy atom. The minimum Gasteiger partial charge on any atom is -0.501 e. The summed E-state index contributed by atoms with van der Waals surface area (Å²) in [6.07, 6.45) is 1.27. The van der Waals surface area contributed by atoms with Gasteiger partial charge in [-0.15, -0.1) is 54.1 Å². The fourth-order valence-electron chi connectivity index (χ4n) is 4.37. The van der Waals surface area contributed by atoms with Crippen molar-refractivity contribution in [1.29, 1.82) is 0 Å². The van der Waals surface area contributed by atoms with E-state index in [1.807, 2.05) is 42.5 Å². The van der Waals surface area contributed by atoms with Gasteiger partial charge < -0.3 is 14.4 Å². The quantitative estimate of drug-likeness (QED) is 0.171. The molecule has 203 valence electrons. The van der Waals surface area contributed by atoms with Crippen LogP contribution in [0.25, 0.3) is 44.5 Å². The maximum absolute atomic E-state index is 8.65. The molecule has 1 radical (unpaired) electrons. The predicted octanol–water partition coefficient (Wildman–Crippen LogP) is 9.20. The minimum absolute atomic E-state index is 0. The Morgan fingerprint density at radius 3 is 2.37 bits per heavy atom. The van der Waals surface area contributed by atoms with Crippen molar-refractivity contribution in [3.8, 4) is 22.5 Å². The molecule has 4 aromatic carbocycles. The van der Waals surface area contributed by atoms with Gasteiger partial charge in [0.05, 0.1) is 5.58 Å². The summed E-state index contributed by atoms with van der Waals surface area (Å²) in [6, 6.07) is 37.8. The number of hydrogen-bond donors (Lipinski definition) is 0. The average molecular weight is 717 g/mol. The zero-order valence-corrected chi connectivity index (χ0v) is 24.1. The third-order valence-electron chi connectivity index (χ3n) is 6.26. The Kier molecular flexibility index (Phi) is 6.17. The number of benzene rings is 4. The maximum Gasteiger partial charge on any atom is 0.121 e. The number of pyridine rings is 2. The minimum atomic E-state index is -2.22. The average Bonchev–Trinajstić information content (AvgIpc) is 3.47. The second-order valence-corrected chi connectivity index (χ2v) is 9.04. The second-order valence-electron chi connectivity index (χ2n) is 9.04. The van der Waals surface area contributed by atoms with Crippen molar-refractivity contribution in [3.63, 3.8) is 0 Å². The Balaban J connectivity index is 0.000000233. The molecule has 3 heterocycles. The summed E-state index contributed by atoms with van der Waals surface area (Å²) in [6.45, 7) is -4.31. The van der Waals surface area contributed by atoms with Crippen molar-refractivity contribution in [2.45, 2.75) is 20.1 Å². The van der Waals surface area contributed by atoms with Crippen LogP contribution in [0.5, 0.6) is 0 Å². The van der Waals surface area contributed by atoms with Crippen LogP contribution in [0.3, 0.4) is 0 Å². The van der Waals surface area contributed by atoms with E-state index in [2.05, 4.69) is 22.1 Å². The van der Waals surface area contributed by atoms with Gasteiger partial charge in [-0.3, -0.25) is 0 Å². The van der Waals surface area contributed by atoms with Gasteiger partial charge in [0.1, 0.15) is 5.58 Å². The van der Waals surface area contributed by atoms with Gasteiger partial charge in [0, 0.05) is 48.9 Å². The molecule has 0 aliphatic heterocycles. The number of aryl methyl sites for hydroxylation is 2. The van der Waals surface area contributed by atoms with Crippen LogP contribution in [0.2, 0.25) is 0 Å². The van der Waals surface area contributed by atoms with E-state index in [4.69, 9.17) is 15.4 Å². The van der Waals surface area contributed by atoms with Crippen molar-refractivity contribution < 1.29 is 35.5 Å². The SMILES string of the molecule is [2H]C([2H])([2H])c1ccc(-c2[c-]cccc2)nc1.[2H]C([2H])([2H])c1ccc2c(c1)oc1c(-c3cc(C([2H])([2H])c4ccccc4)ccn3)[c-]ccc12.[Ir]. The summed E-state index contributed by atoms with van der Waals surface area (Å²) in [4.78, 5) is 8.57. The third-order valence-corrected chi connectivity index (χ3v) is 6.26. The molecule has 0 saturated carbocycles. The van der Waals surface area contributed by atoms with Gasteiger partial charge >= 0.3 is 0 Å². The third kappa shape index (κ3) is 6.52. The van der Waals surface area contributed by atoms with Gasteiger partial charge in [0.2, 0.25) is 0 Å². The molecule has 0 fully saturated rings. The molecule has 0 unspecified atom stereocenters. The molecule has 0 aliphatic rings. The van der Waals surface area contributed by atoms with Crippen molar-refractivity contribution in [2.75, 3.05) is 0 Å². The standard InChI is InChI=1S/C25H18NO.C12H10N.Ir/c1-17-10-11-20-21-8-5-9-22(25(21)27-24(20)14-17)23-16-19(12-13-26-23)15-18-6-3-2-4-7-18;1-10-7-8-12(13-9-10)11-5-3-2-4-6-11;/h2-8,10-14,16H,15H2,1H3;2-5,7-9H,1H3;/q2*-1;/i1D3,15D2;1D3;. The number of nitrogens with zero attached hydrogens (tertiary/aromatic N) is 2. The zero-order chi connectivity index (χ0) is 34.1. The summed E-state index contributed by atoms with van der Waals surface area (Å²) in [5.41, 5.74) is 5.23. The Labute approximate surface area is 265 Å². The van der Waals surface area contributed by atoms with E-state index in [-0.39, 0.29) is 31.2 Å². The fourth-order valence-corrected chi connectivity index (χ4v) is 4.37. The summed E-state index contributed by atoms with van der Waals surface area (Å²) in [5, 5.41) is 1.63.